The molecule has 3 heteroatoms. The van der Waals surface area contributed by atoms with Crippen LogP contribution in [0, 0.1) is 33.6 Å². The van der Waals surface area contributed by atoms with Gasteiger partial charge in [0.15, 0.2) is 0 Å². The minimum absolute atomic E-state index is 0.00590. The molecule has 1 saturated carbocycles. The Bertz CT molecular complexity index is 798. The lowest BCUT2D eigenvalue weighted by Crippen LogP contribution is -2.46. The van der Waals surface area contributed by atoms with E-state index in [1.165, 1.54) is 33.4 Å². The summed E-state index contributed by atoms with van der Waals surface area (Å²) >= 11 is 0. The molecule has 1 amide bonds. The number of nitrogens with one attached hydrogen (secondary N) is 1. The summed E-state index contributed by atoms with van der Waals surface area (Å²) in [5, 5.41) is 3.19. The summed E-state index contributed by atoms with van der Waals surface area (Å²) in [5.74, 6) is 0.793. The third-order valence-corrected chi connectivity index (χ3v) is 6.45. The lowest BCUT2D eigenvalue weighted by atomic mass is 9.59. The molecule has 0 bridgehead atoms. The zero-order valence-corrected chi connectivity index (χ0v) is 18.2. The van der Waals surface area contributed by atoms with Gasteiger partial charge < -0.3 is 10.2 Å². The summed E-state index contributed by atoms with van der Waals surface area (Å²) in [6, 6.07) is 13.4. The third-order valence-electron chi connectivity index (χ3n) is 6.45. The van der Waals surface area contributed by atoms with Gasteiger partial charge in [0.05, 0.1) is 5.92 Å². The van der Waals surface area contributed by atoms with E-state index in [0.717, 1.165) is 13.0 Å². The van der Waals surface area contributed by atoms with Gasteiger partial charge in [-0.15, -0.1) is 0 Å². The van der Waals surface area contributed by atoms with Gasteiger partial charge in [0.1, 0.15) is 0 Å². The number of amides is 1. The summed E-state index contributed by atoms with van der Waals surface area (Å²) in [7, 11) is 4.07. The minimum Gasteiger partial charge on any atom is -0.355 e. The number of hydrogen-bond donors (Lipinski definition) is 1. The van der Waals surface area contributed by atoms with Crippen LogP contribution in [0.4, 0.5) is 0 Å². The first-order valence-corrected chi connectivity index (χ1v) is 10.3. The molecule has 3 rings (SSSR count). The van der Waals surface area contributed by atoms with E-state index in [2.05, 4.69) is 74.3 Å². The number of carbonyl (C=O) groups is 1. The molecule has 3 nitrogen and oxygen atoms in total. The van der Waals surface area contributed by atoms with E-state index in [4.69, 9.17) is 0 Å². The van der Waals surface area contributed by atoms with Crippen LogP contribution < -0.4 is 5.32 Å². The fraction of sp³-hybridized carbons (Fsp3) is 0.480. The van der Waals surface area contributed by atoms with Crippen molar-refractivity contribution in [1.82, 2.24) is 10.2 Å². The van der Waals surface area contributed by atoms with Crippen LogP contribution in [0.1, 0.15) is 51.6 Å². The highest BCUT2D eigenvalue weighted by molar-refractivity contribution is 5.82. The van der Waals surface area contributed by atoms with Gasteiger partial charge in [0.25, 0.3) is 0 Å². The van der Waals surface area contributed by atoms with Gasteiger partial charge in [-0.25, -0.2) is 0 Å². The van der Waals surface area contributed by atoms with Crippen molar-refractivity contribution in [3.63, 3.8) is 0 Å². The number of aryl methyl sites for hydroxylation is 4. The SMILES string of the molecule is Cc1ccc([C@H]2C[C@@H](c3ccc(C)c(C)c3)C2C(=O)NCCN(C)C)cc1C. The molecule has 150 valence electrons. The van der Waals surface area contributed by atoms with E-state index in [-0.39, 0.29) is 11.8 Å². The van der Waals surface area contributed by atoms with Crippen molar-refractivity contribution in [3.8, 4) is 0 Å². The highest BCUT2D eigenvalue weighted by atomic mass is 16.1. The number of likely N-dealkylation sites (N-methyl/N-ethyl adjacent to an activating group) is 1. The van der Waals surface area contributed by atoms with Gasteiger partial charge in [0.2, 0.25) is 5.91 Å². The third kappa shape index (κ3) is 4.30. The first-order valence-electron chi connectivity index (χ1n) is 10.3. The molecule has 0 radical (unpaired) electrons. The Morgan fingerprint density at radius 2 is 1.39 bits per heavy atom. The molecule has 1 aliphatic carbocycles. The van der Waals surface area contributed by atoms with Crippen LogP contribution in [-0.2, 0) is 4.79 Å². The van der Waals surface area contributed by atoms with Crippen molar-refractivity contribution in [1.29, 1.82) is 0 Å². The molecule has 0 aromatic heterocycles. The van der Waals surface area contributed by atoms with E-state index in [1.807, 2.05) is 14.1 Å². The summed E-state index contributed by atoms with van der Waals surface area (Å²) in [6.07, 6.45) is 1.04. The second kappa shape index (κ2) is 8.48. The molecule has 1 fully saturated rings. The second-order valence-corrected chi connectivity index (χ2v) is 8.76. The van der Waals surface area contributed by atoms with Gasteiger partial charge in [-0.3, -0.25) is 4.79 Å². The van der Waals surface area contributed by atoms with Crippen molar-refractivity contribution < 1.29 is 4.79 Å². The van der Waals surface area contributed by atoms with Crippen LogP contribution in [0.5, 0.6) is 0 Å². The molecule has 3 atom stereocenters. The average Bonchev–Trinajstić information content (AvgIpc) is 2.60. The van der Waals surface area contributed by atoms with Crippen LogP contribution in [-0.4, -0.2) is 38.0 Å². The van der Waals surface area contributed by atoms with Gasteiger partial charge in [-0.1, -0.05) is 36.4 Å². The molecule has 1 aliphatic rings. The number of hydrogen-bond acceptors (Lipinski definition) is 2. The standard InChI is InChI=1S/C25H34N2O/c1-16-7-9-20(13-18(16)3)22-15-23(21-10-8-17(2)19(4)14-21)24(22)25(28)26-11-12-27(5)6/h7-10,13-14,22-24H,11-12,15H2,1-6H3,(H,26,28)/t22-,23+,24?. The monoisotopic (exact) mass is 378 g/mol. The molecule has 28 heavy (non-hydrogen) atoms. The van der Waals surface area contributed by atoms with Crippen molar-refractivity contribution in [2.24, 2.45) is 5.92 Å². The topological polar surface area (TPSA) is 32.3 Å². The summed E-state index contributed by atoms with van der Waals surface area (Å²) in [4.78, 5) is 15.2. The molecular formula is C25H34N2O. The van der Waals surface area contributed by atoms with Crippen molar-refractivity contribution in [2.75, 3.05) is 27.2 Å². The molecule has 2 aromatic carbocycles. The molecular weight excluding hydrogens is 344 g/mol. The number of nitrogens with zero attached hydrogens (tertiary/aromatic N) is 1. The first-order chi connectivity index (χ1) is 13.3. The Morgan fingerprint density at radius 1 is 0.893 bits per heavy atom. The van der Waals surface area contributed by atoms with E-state index in [0.29, 0.717) is 18.4 Å². The van der Waals surface area contributed by atoms with Gasteiger partial charge in [0, 0.05) is 13.1 Å². The molecule has 0 aliphatic heterocycles. The zero-order valence-electron chi connectivity index (χ0n) is 18.2. The maximum absolute atomic E-state index is 13.1. The van der Waals surface area contributed by atoms with Crippen molar-refractivity contribution in [3.05, 3.63) is 69.8 Å². The predicted molar refractivity (Wildman–Crippen MR) is 117 cm³/mol. The van der Waals surface area contributed by atoms with Gasteiger partial charge in [-0.2, -0.15) is 0 Å². The Hall–Kier alpha value is -2.13. The number of carbonyl (C=O) groups excluding carboxylic acids is 1. The molecule has 1 N–H and O–H groups in total. The Labute approximate surface area is 170 Å². The summed E-state index contributed by atoms with van der Waals surface area (Å²) in [5.41, 5.74) is 7.83. The van der Waals surface area contributed by atoms with Crippen LogP contribution in [0.2, 0.25) is 0 Å². The normalized spacial score (nSPS) is 21.5. The smallest absolute Gasteiger partial charge is 0.224 e. The van der Waals surface area contributed by atoms with Crippen molar-refractivity contribution in [2.45, 2.75) is 46.0 Å². The molecule has 2 aromatic rings. The number of rotatable bonds is 6. The van der Waals surface area contributed by atoms with E-state index >= 15 is 0 Å². The Morgan fingerprint density at radius 3 is 1.82 bits per heavy atom. The molecule has 0 heterocycles. The van der Waals surface area contributed by atoms with Gasteiger partial charge in [-0.05, 0) is 93.4 Å². The highest BCUT2D eigenvalue weighted by Crippen LogP contribution is 2.53. The van der Waals surface area contributed by atoms with Crippen LogP contribution in [0.15, 0.2) is 36.4 Å². The second-order valence-electron chi connectivity index (χ2n) is 8.76. The maximum atomic E-state index is 13.1. The zero-order chi connectivity index (χ0) is 20.4. The number of benzene rings is 2. The van der Waals surface area contributed by atoms with Gasteiger partial charge >= 0.3 is 0 Å². The summed E-state index contributed by atoms with van der Waals surface area (Å²) in [6.45, 7) is 10.2. The molecule has 0 saturated heterocycles. The summed E-state index contributed by atoms with van der Waals surface area (Å²) < 4.78 is 0. The fourth-order valence-corrected chi connectivity index (χ4v) is 4.21. The van der Waals surface area contributed by atoms with Crippen LogP contribution in [0.25, 0.3) is 0 Å². The first kappa shape index (κ1) is 20.6. The highest BCUT2D eigenvalue weighted by Gasteiger charge is 2.46. The van der Waals surface area contributed by atoms with Crippen LogP contribution >= 0.6 is 0 Å². The van der Waals surface area contributed by atoms with Crippen LogP contribution in [0.3, 0.4) is 0 Å². The Kier molecular flexibility index (Phi) is 6.24. The Balaban J connectivity index is 1.85. The van der Waals surface area contributed by atoms with Crippen molar-refractivity contribution >= 4 is 5.91 Å². The lowest BCUT2D eigenvalue weighted by molar-refractivity contribution is -0.129. The largest absolute Gasteiger partial charge is 0.355 e. The molecule has 1 unspecified atom stereocenters. The fourth-order valence-electron chi connectivity index (χ4n) is 4.21. The van der Waals surface area contributed by atoms with E-state index in [1.54, 1.807) is 0 Å². The quantitative estimate of drug-likeness (QED) is 0.803. The average molecular weight is 379 g/mol. The van der Waals surface area contributed by atoms with E-state index in [9.17, 15) is 4.79 Å². The predicted octanol–water partition coefficient (Wildman–Crippen LogP) is 4.49. The molecule has 0 spiro atoms. The lowest BCUT2D eigenvalue weighted by Gasteiger charge is -2.44. The maximum Gasteiger partial charge on any atom is 0.224 e. The van der Waals surface area contributed by atoms with E-state index < -0.39 is 0 Å². The minimum atomic E-state index is 0.00590.